The zero-order valence-corrected chi connectivity index (χ0v) is 12.8. The number of aromatic nitrogens is 1. The molecule has 0 spiro atoms. The van der Waals surface area contributed by atoms with Crippen LogP contribution in [0.3, 0.4) is 0 Å². The lowest BCUT2D eigenvalue weighted by Crippen LogP contribution is -2.55. The number of carbonyl (C=O) groups is 1. The zero-order chi connectivity index (χ0) is 14.8. The number of likely N-dealkylation sites (tertiary alicyclic amines) is 1. The fraction of sp³-hybridized carbons (Fsp3) is 0.714. The van der Waals surface area contributed by atoms with E-state index >= 15 is 0 Å². The molecule has 1 aromatic heterocycles. The molecule has 1 aliphatic rings. The number of aryl methyl sites for hydroxylation is 1. The van der Waals surface area contributed by atoms with Gasteiger partial charge in [0.1, 0.15) is 4.88 Å². The SMILES string of the molecule is CCC[C@@]1(CO)CN(C(=O)c2scnc2C)CC[C@@H]1O. The van der Waals surface area contributed by atoms with Crippen molar-refractivity contribution >= 4 is 17.2 Å². The van der Waals surface area contributed by atoms with Crippen molar-refractivity contribution in [2.45, 2.75) is 39.2 Å². The maximum atomic E-state index is 12.5. The van der Waals surface area contributed by atoms with E-state index < -0.39 is 11.5 Å². The Kier molecular flexibility index (Phi) is 4.78. The summed E-state index contributed by atoms with van der Waals surface area (Å²) in [6, 6.07) is 0. The van der Waals surface area contributed by atoms with E-state index in [9.17, 15) is 15.0 Å². The van der Waals surface area contributed by atoms with Gasteiger partial charge in [-0.25, -0.2) is 4.98 Å². The molecule has 1 fully saturated rings. The predicted molar refractivity (Wildman–Crippen MR) is 77.8 cm³/mol. The molecule has 2 rings (SSSR count). The van der Waals surface area contributed by atoms with Crippen LogP contribution >= 0.6 is 11.3 Å². The fourth-order valence-corrected chi connectivity index (χ4v) is 3.72. The van der Waals surface area contributed by atoms with Crippen molar-refractivity contribution in [3.8, 4) is 0 Å². The molecule has 1 saturated heterocycles. The molecule has 0 radical (unpaired) electrons. The van der Waals surface area contributed by atoms with Crippen molar-refractivity contribution in [2.24, 2.45) is 5.41 Å². The van der Waals surface area contributed by atoms with Crippen LogP contribution in [0.1, 0.15) is 41.6 Å². The maximum Gasteiger partial charge on any atom is 0.265 e. The third kappa shape index (κ3) is 2.73. The standard InChI is InChI=1S/C14H22N2O3S/c1-3-5-14(8-17)7-16(6-4-11(14)18)13(19)12-10(2)15-9-20-12/h9,11,17-18H,3-8H2,1-2H3/t11-,14-/m0/s1. The Bertz CT molecular complexity index is 477. The summed E-state index contributed by atoms with van der Waals surface area (Å²) >= 11 is 1.35. The molecule has 0 bridgehead atoms. The number of nitrogens with zero attached hydrogens (tertiary/aromatic N) is 2. The van der Waals surface area contributed by atoms with E-state index in [2.05, 4.69) is 4.98 Å². The lowest BCUT2D eigenvalue weighted by Gasteiger charge is -2.45. The monoisotopic (exact) mass is 298 g/mol. The van der Waals surface area contributed by atoms with E-state index in [1.807, 2.05) is 13.8 Å². The first-order valence-corrected chi connectivity index (χ1v) is 7.90. The molecule has 6 heteroatoms. The first-order valence-electron chi connectivity index (χ1n) is 7.02. The Labute approximate surface area is 123 Å². The van der Waals surface area contributed by atoms with Crippen molar-refractivity contribution in [2.75, 3.05) is 19.7 Å². The van der Waals surface area contributed by atoms with Gasteiger partial charge in [0.15, 0.2) is 0 Å². The molecule has 1 aromatic rings. The number of carbonyl (C=O) groups excluding carboxylic acids is 1. The van der Waals surface area contributed by atoms with Crippen molar-refractivity contribution in [1.29, 1.82) is 0 Å². The van der Waals surface area contributed by atoms with Gasteiger partial charge in [-0.1, -0.05) is 13.3 Å². The summed E-state index contributed by atoms with van der Waals surface area (Å²) < 4.78 is 0. The molecule has 5 nitrogen and oxygen atoms in total. The second-order valence-electron chi connectivity index (χ2n) is 5.57. The minimum Gasteiger partial charge on any atom is -0.396 e. The summed E-state index contributed by atoms with van der Waals surface area (Å²) in [4.78, 5) is 19.0. The lowest BCUT2D eigenvalue weighted by atomic mass is 9.74. The van der Waals surface area contributed by atoms with Crippen molar-refractivity contribution in [3.63, 3.8) is 0 Å². The Balaban J connectivity index is 2.18. The summed E-state index contributed by atoms with van der Waals surface area (Å²) in [5.41, 5.74) is 1.84. The summed E-state index contributed by atoms with van der Waals surface area (Å²) in [6.07, 6.45) is 1.57. The van der Waals surface area contributed by atoms with Gasteiger partial charge in [-0.3, -0.25) is 4.79 Å². The van der Waals surface area contributed by atoms with Crippen LogP contribution in [0, 0.1) is 12.3 Å². The maximum absolute atomic E-state index is 12.5. The molecule has 0 aromatic carbocycles. The molecule has 0 unspecified atom stereocenters. The van der Waals surface area contributed by atoms with Gasteiger partial charge < -0.3 is 15.1 Å². The highest BCUT2D eigenvalue weighted by Gasteiger charge is 2.43. The number of thiazole rings is 1. The molecule has 2 atom stereocenters. The number of amides is 1. The Morgan fingerprint density at radius 2 is 2.40 bits per heavy atom. The summed E-state index contributed by atoms with van der Waals surface area (Å²) in [5, 5.41) is 19.9. The van der Waals surface area contributed by atoms with Crippen molar-refractivity contribution in [1.82, 2.24) is 9.88 Å². The second-order valence-corrected chi connectivity index (χ2v) is 6.42. The first kappa shape index (κ1) is 15.4. The van der Waals surface area contributed by atoms with E-state index in [1.165, 1.54) is 11.3 Å². The second kappa shape index (κ2) is 6.20. The van der Waals surface area contributed by atoms with E-state index in [-0.39, 0.29) is 12.5 Å². The van der Waals surface area contributed by atoms with E-state index in [1.54, 1.807) is 10.4 Å². The highest BCUT2D eigenvalue weighted by atomic mass is 32.1. The Morgan fingerprint density at radius 3 is 2.95 bits per heavy atom. The molecule has 2 heterocycles. The highest BCUT2D eigenvalue weighted by Crippen LogP contribution is 2.35. The molecule has 0 aliphatic carbocycles. The van der Waals surface area contributed by atoms with Crippen LogP contribution in [-0.4, -0.2) is 51.8 Å². The molecule has 1 amide bonds. The zero-order valence-electron chi connectivity index (χ0n) is 12.0. The van der Waals surface area contributed by atoms with Crippen LogP contribution in [0.15, 0.2) is 5.51 Å². The van der Waals surface area contributed by atoms with Crippen LogP contribution in [0.25, 0.3) is 0 Å². The minimum atomic E-state index is -0.582. The number of aliphatic hydroxyl groups is 2. The molecule has 1 aliphatic heterocycles. The lowest BCUT2D eigenvalue weighted by molar-refractivity contribution is -0.0719. The van der Waals surface area contributed by atoms with Crippen LogP contribution in [0.4, 0.5) is 0 Å². The van der Waals surface area contributed by atoms with Gasteiger partial charge in [0.2, 0.25) is 0 Å². The average molecular weight is 298 g/mol. The van der Waals surface area contributed by atoms with Crippen molar-refractivity contribution in [3.05, 3.63) is 16.1 Å². The molecular weight excluding hydrogens is 276 g/mol. The highest BCUT2D eigenvalue weighted by molar-refractivity contribution is 7.11. The third-order valence-corrected chi connectivity index (χ3v) is 5.09. The van der Waals surface area contributed by atoms with Gasteiger partial charge in [-0.2, -0.15) is 0 Å². The summed E-state index contributed by atoms with van der Waals surface area (Å²) in [6.45, 7) is 4.71. The molecule has 20 heavy (non-hydrogen) atoms. The average Bonchev–Trinajstić information content (AvgIpc) is 2.87. The van der Waals surface area contributed by atoms with Gasteiger partial charge in [0.25, 0.3) is 5.91 Å². The fourth-order valence-electron chi connectivity index (χ4n) is 2.95. The van der Waals surface area contributed by atoms with E-state index in [0.717, 1.165) is 18.5 Å². The molecule has 0 saturated carbocycles. The van der Waals surface area contributed by atoms with Crippen LogP contribution in [0.2, 0.25) is 0 Å². The number of hydrogen-bond donors (Lipinski definition) is 2. The molecule has 112 valence electrons. The quantitative estimate of drug-likeness (QED) is 0.882. The number of aliphatic hydroxyl groups excluding tert-OH is 2. The van der Waals surface area contributed by atoms with E-state index in [0.29, 0.717) is 24.4 Å². The van der Waals surface area contributed by atoms with Gasteiger partial charge in [0.05, 0.1) is 23.9 Å². The summed E-state index contributed by atoms with van der Waals surface area (Å²) in [5.74, 6) is -0.0363. The Morgan fingerprint density at radius 1 is 1.65 bits per heavy atom. The molecular formula is C14H22N2O3S. The largest absolute Gasteiger partial charge is 0.396 e. The Hall–Kier alpha value is -0.980. The third-order valence-electron chi connectivity index (χ3n) is 4.17. The summed E-state index contributed by atoms with van der Waals surface area (Å²) in [7, 11) is 0. The minimum absolute atomic E-state index is 0.0363. The van der Waals surface area contributed by atoms with Crippen LogP contribution < -0.4 is 0 Å². The van der Waals surface area contributed by atoms with Crippen LogP contribution in [-0.2, 0) is 0 Å². The first-order chi connectivity index (χ1) is 9.54. The smallest absolute Gasteiger partial charge is 0.265 e. The van der Waals surface area contributed by atoms with Gasteiger partial charge >= 0.3 is 0 Å². The number of piperidine rings is 1. The number of hydrogen-bond acceptors (Lipinski definition) is 5. The predicted octanol–water partition coefficient (Wildman–Crippen LogP) is 1.44. The van der Waals surface area contributed by atoms with E-state index in [4.69, 9.17) is 0 Å². The number of rotatable bonds is 4. The van der Waals surface area contributed by atoms with Gasteiger partial charge in [0, 0.05) is 18.5 Å². The topological polar surface area (TPSA) is 73.7 Å². The van der Waals surface area contributed by atoms with Gasteiger partial charge in [-0.05, 0) is 19.8 Å². The van der Waals surface area contributed by atoms with Gasteiger partial charge in [-0.15, -0.1) is 11.3 Å². The normalized spacial score (nSPS) is 26.8. The van der Waals surface area contributed by atoms with Crippen molar-refractivity contribution < 1.29 is 15.0 Å². The molecule has 2 N–H and O–H groups in total. The van der Waals surface area contributed by atoms with Crippen LogP contribution in [0.5, 0.6) is 0 Å².